The highest BCUT2D eigenvalue weighted by atomic mass is 16.5. The van der Waals surface area contributed by atoms with Gasteiger partial charge >= 0.3 is 5.97 Å². The molecule has 0 aliphatic carbocycles. The molecule has 0 bridgehead atoms. The smallest absolute Gasteiger partial charge is 0.339 e. The van der Waals surface area contributed by atoms with Crippen LogP contribution in [0.4, 0.5) is 0 Å². The lowest BCUT2D eigenvalue weighted by molar-refractivity contribution is -0.870. The highest BCUT2D eigenvalue weighted by Crippen LogP contribution is 2.18. The van der Waals surface area contributed by atoms with Crippen LogP contribution in [-0.2, 0) is 0 Å². The Balaban J connectivity index is 0.00000143. The molecule has 0 aliphatic heterocycles. The first-order chi connectivity index (χ1) is 16.8. The number of hydrogen-bond donors (Lipinski definition) is 2. The Morgan fingerprint density at radius 2 is 1.17 bits per heavy atom. The van der Waals surface area contributed by atoms with Crippen LogP contribution in [0.2, 0.25) is 0 Å². The molecule has 35 heavy (non-hydrogen) atoms. The van der Waals surface area contributed by atoms with Gasteiger partial charge < -0.3 is 19.4 Å². The van der Waals surface area contributed by atoms with Gasteiger partial charge in [-0.1, -0.05) is 115 Å². The van der Waals surface area contributed by atoms with Crippen molar-refractivity contribution in [1.29, 1.82) is 0 Å². The number of carboxylic acid groups (broad SMARTS) is 1. The Morgan fingerprint density at radius 3 is 1.54 bits per heavy atom. The summed E-state index contributed by atoms with van der Waals surface area (Å²) in [7, 11) is 6.16. The fourth-order valence-electron chi connectivity index (χ4n) is 3.90. The van der Waals surface area contributed by atoms with E-state index in [9.17, 15) is 4.79 Å². The first-order valence-electron chi connectivity index (χ1n) is 14.2. The maximum absolute atomic E-state index is 11.1. The van der Waals surface area contributed by atoms with Crippen LogP contribution in [0.5, 0.6) is 5.75 Å². The number of carboxylic acids is 1. The van der Waals surface area contributed by atoms with Crippen molar-refractivity contribution in [2.24, 2.45) is 0 Å². The van der Waals surface area contributed by atoms with E-state index in [4.69, 9.17) is 14.9 Å². The number of para-hydroxylation sites is 1. The fourth-order valence-corrected chi connectivity index (χ4v) is 3.90. The summed E-state index contributed by atoms with van der Waals surface area (Å²) in [6.45, 7) is 3.99. The van der Waals surface area contributed by atoms with Gasteiger partial charge in [-0.3, -0.25) is 0 Å². The van der Waals surface area contributed by atoms with E-state index >= 15 is 0 Å². The number of aromatic carboxylic acids is 1. The van der Waals surface area contributed by atoms with E-state index in [1.807, 2.05) is 6.07 Å². The molecule has 0 saturated heterocycles. The third-order valence-corrected chi connectivity index (χ3v) is 6.14. The molecular weight excluding hydrogens is 438 g/mol. The third-order valence-electron chi connectivity index (χ3n) is 6.14. The molecule has 0 amide bonds. The Morgan fingerprint density at radius 1 is 0.743 bits per heavy atom. The Hall–Kier alpha value is -1.59. The van der Waals surface area contributed by atoms with Crippen LogP contribution >= 0.6 is 0 Å². The predicted molar refractivity (Wildman–Crippen MR) is 148 cm³/mol. The van der Waals surface area contributed by atoms with Gasteiger partial charge in [-0.05, 0) is 18.6 Å². The van der Waals surface area contributed by atoms with Crippen molar-refractivity contribution in [2.75, 3.05) is 40.9 Å². The average Bonchev–Trinajstić information content (AvgIpc) is 2.81. The number of likely N-dealkylation sites (N-methyl/N-ethyl adjacent to an activating group) is 1. The van der Waals surface area contributed by atoms with Crippen molar-refractivity contribution in [2.45, 2.75) is 110 Å². The van der Waals surface area contributed by atoms with Gasteiger partial charge in [0.2, 0.25) is 0 Å². The Kier molecular flexibility index (Phi) is 21.8. The molecule has 0 unspecified atom stereocenters. The molecular formula is C30H56NO4+. The molecule has 0 radical (unpaired) electrons. The molecule has 0 heterocycles. The van der Waals surface area contributed by atoms with Crippen molar-refractivity contribution in [3.63, 3.8) is 0 Å². The Labute approximate surface area is 216 Å². The van der Waals surface area contributed by atoms with E-state index in [0.717, 1.165) is 23.9 Å². The lowest BCUT2D eigenvalue weighted by atomic mass is 10.0. The molecule has 5 heteroatoms. The minimum absolute atomic E-state index is 0.249. The largest absolute Gasteiger partial charge is 0.493 e. The minimum Gasteiger partial charge on any atom is -0.493 e. The number of ether oxygens (including phenoxy) is 1. The van der Waals surface area contributed by atoms with Gasteiger partial charge in [-0.25, -0.2) is 4.79 Å². The van der Waals surface area contributed by atoms with Gasteiger partial charge in [0, 0.05) is 0 Å². The molecule has 0 aromatic heterocycles. The van der Waals surface area contributed by atoms with Crippen LogP contribution < -0.4 is 4.74 Å². The number of aliphatic hydroxyl groups is 1. The maximum atomic E-state index is 11.1. The second kappa shape index (κ2) is 22.8. The van der Waals surface area contributed by atoms with E-state index in [1.165, 1.54) is 89.9 Å². The van der Waals surface area contributed by atoms with Crippen molar-refractivity contribution >= 4 is 5.97 Å². The molecule has 1 aromatic rings. The van der Waals surface area contributed by atoms with E-state index in [2.05, 4.69) is 28.1 Å². The molecule has 0 fully saturated rings. The average molecular weight is 495 g/mol. The van der Waals surface area contributed by atoms with Gasteiger partial charge in [0.1, 0.15) is 17.9 Å². The number of nitrogens with zero attached hydrogens (tertiary/aromatic N) is 1. The zero-order chi connectivity index (χ0) is 26.2. The van der Waals surface area contributed by atoms with E-state index in [-0.39, 0.29) is 12.2 Å². The topological polar surface area (TPSA) is 66.8 Å². The number of hydrogen-bond acceptors (Lipinski definition) is 3. The molecule has 0 aliphatic rings. The zero-order valence-corrected chi connectivity index (χ0v) is 23.4. The number of aliphatic hydroxyl groups excluding tert-OH is 1. The van der Waals surface area contributed by atoms with Crippen molar-refractivity contribution in [3.05, 3.63) is 29.8 Å². The summed E-state index contributed by atoms with van der Waals surface area (Å²) in [4.78, 5) is 11.1. The van der Waals surface area contributed by atoms with Crippen LogP contribution in [0.15, 0.2) is 24.3 Å². The summed E-state index contributed by atoms with van der Waals surface area (Å²) in [5, 5.41) is 17.5. The summed E-state index contributed by atoms with van der Waals surface area (Å²) in [6.07, 6.45) is 21.6. The van der Waals surface area contributed by atoms with E-state index in [0.29, 0.717) is 12.4 Å². The van der Waals surface area contributed by atoms with Crippen LogP contribution in [0, 0.1) is 0 Å². The highest BCUT2D eigenvalue weighted by molar-refractivity contribution is 5.90. The SMILES string of the molecule is CCCCCCCCCCCCCCCCCCOc1ccccc1C(=O)O.C[N+](C)(C)CCO. The quantitative estimate of drug-likeness (QED) is 0.136. The van der Waals surface area contributed by atoms with Crippen molar-refractivity contribution in [3.8, 4) is 5.75 Å². The molecule has 1 aromatic carbocycles. The minimum atomic E-state index is -0.928. The van der Waals surface area contributed by atoms with Crippen LogP contribution in [0.25, 0.3) is 0 Å². The van der Waals surface area contributed by atoms with Crippen LogP contribution in [0.3, 0.4) is 0 Å². The molecule has 1 rings (SSSR count). The van der Waals surface area contributed by atoms with Crippen molar-refractivity contribution < 1.29 is 24.2 Å². The monoisotopic (exact) mass is 494 g/mol. The first-order valence-corrected chi connectivity index (χ1v) is 14.2. The summed E-state index contributed by atoms with van der Waals surface area (Å²) in [6, 6.07) is 6.86. The van der Waals surface area contributed by atoms with E-state index in [1.54, 1.807) is 18.2 Å². The highest BCUT2D eigenvalue weighted by Gasteiger charge is 2.09. The van der Waals surface area contributed by atoms with Crippen LogP contribution in [0.1, 0.15) is 120 Å². The number of carbonyl (C=O) groups is 1. The molecule has 2 N–H and O–H groups in total. The summed E-state index contributed by atoms with van der Waals surface area (Å²) in [5.41, 5.74) is 0.249. The van der Waals surface area contributed by atoms with Crippen LogP contribution in [-0.4, -0.2) is 61.6 Å². The number of rotatable bonds is 21. The Bertz CT molecular complexity index is 613. The maximum Gasteiger partial charge on any atom is 0.339 e. The second-order valence-corrected chi connectivity index (χ2v) is 10.7. The van der Waals surface area contributed by atoms with Gasteiger partial charge in [-0.2, -0.15) is 0 Å². The number of benzene rings is 1. The lowest BCUT2D eigenvalue weighted by Crippen LogP contribution is -2.36. The second-order valence-electron chi connectivity index (χ2n) is 10.7. The van der Waals surface area contributed by atoms with Gasteiger partial charge in [0.25, 0.3) is 0 Å². The molecule has 0 spiro atoms. The summed E-state index contributed by atoms with van der Waals surface area (Å²) < 4.78 is 6.48. The summed E-state index contributed by atoms with van der Waals surface area (Å²) >= 11 is 0. The molecule has 0 saturated carbocycles. The molecule has 204 valence electrons. The zero-order valence-electron chi connectivity index (χ0n) is 23.4. The fraction of sp³-hybridized carbons (Fsp3) is 0.767. The van der Waals surface area contributed by atoms with Gasteiger partial charge in [0.15, 0.2) is 0 Å². The normalized spacial score (nSPS) is 11.1. The standard InChI is InChI=1S/C25H42O3.C5H14NO/c1-2-3-4-5-6-7-8-9-10-11-12-13-14-15-16-19-22-28-24-21-18-17-20-23(24)25(26)27;1-6(2,3)4-5-7/h17-18,20-21H,2-16,19,22H2,1H3,(H,26,27);7H,4-5H2,1-3H3/q;+1. The number of quaternary nitrogens is 1. The predicted octanol–water partition coefficient (Wildman–Crippen LogP) is 7.71. The molecule has 0 atom stereocenters. The summed E-state index contributed by atoms with van der Waals surface area (Å²) in [5.74, 6) is -0.446. The lowest BCUT2D eigenvalue weighted by Gasteiger charge is -2.21. The third kappa shape index (κ3) is 22.6. The first kappa shape index (κ1) is 33.4. The molecule has 5 nitrogen and oxygen atoms in total. The number of unbranched alkanes of at least 4 members (excludes halogenated alkanes) is 15. The van der Waals surface area contributed by atoms with Gasteiger partial charge in [0.05, 0.1) is 34.4 Å². The van der Waals surface area contributed by atoms with E-state index < -0.39 is 5.97 Å². The van der Waals surface area contributed by atoms with Gasteiger partial charge in [-0.15, -0.1) is 0 Å². The van der Waals surface area contributed by atoms with Crippen molar-refractivity contribution in [1.82, 2.24) is 0 Å².